The van der Waals surface area contributed by atoms with E-state index in [-0.39, 0.29) is 22.5 Å². The second-order valence-electron chi connectivity index (χ2n) is 7.26. The minimum Gasteiger partial charge on any atom is -0.380 e. The van der Waals surface area contributed by atoms with Crippen molar-refractivity contribution in [2.45, 2.75) is 44.6 Å². The van der Waals surface area contributed by atoms with E-state index >= 15 is 0 Å². The smallest absolute Gasteiger partial charge is 0.265 e. The molecule has 0 radical (unpaired) electrons. The number of carbonyl (C=O) groups is 1. The number of nitrogens with one attached hydrogen (secondary N) is 1. The Morgan fingerprint density at radius 2 is 1.77 bits per heavy atom. The van der Waals surface area contributed by atoms with Crippen LogP contribution in [0.2, 0.25) is 0 Å². The number of amides is 1. The van der Waals surface area contributed by atoms with Crippen LogP contribution in [0.3, 0.4) is 0 Å². The summed E-state index contributed by atoms with van der Waals surface area (Å²) in [5.41, 5.74) is 2.18. The number of sulfonamides is 1. The van der Waals surface area contributed by atoms with Crippen molar-refractivity contribution in [3.05, 3.63) is 64.7 Å². The molecule has 0 saturated carbocycles. The molecule has 0 spiro atoms. The van der Waals surface area contributed by atoms with Crippen molar-refractivity contribution in [2.24, 2.45) is 0 Å². The Morgan fingerprint density at radius 3 is 2.38 bits per heavy atom. The monoisotopic (exact) mass is 375 g/mol. The minimum atomic E-state index is -3.99. The summed E-state index contributed by atoms with van der Waals surface area (Å²) in [6.45, 7) is 7.96. The zero-order valence-electron chi connectivity index (χ0n) is 15.8. The van der Waals surface area contributed by atoms with Crippen molar-refractivity contribution in [1.82, 2.24) is 4.72 Å². The third kappa shape index (κ3) is 4.51. The molecule has 1 amide bonds. The number of rotatable bonds is 5. The molecule has 5 nitrogen and oxygen atoms in total. The Morgan fingerprint density at radius 1 is 1.12 bits per heavy atom. The molecule has 0 heterocycles. The number of aryl methyl sites for hydroxylation is 1. The van der Waals surface area contributed by atoms with E-state index < -0.39 is 15.9 Å². The predicted molar refractivity (Wildman–Crippen MR) is 102 cm³/mol. The quantitative estimate of drug-likeness (QED) is 0.867. The standard InChI is InChI=1S/C20H25NO4S/c1-14-10-11-16(20(2,3)4)12-18(14)26(23,24)21-19(22)17-9-7-6-8-15(17)13-25-5/h6-12H,13H2,1-5H3,(H,21,22). The van der Waals surface area contributed by atoms with Gasteiger partial charge in [0.15, 0.2) is 0 Å². The highest BCUT2D eigenvalue weighted by Gasteiger charge is 2.24. The number of methoxy groups -OCH3 is 1. The normalized spacial score (nSPS) is 12.0. The fourth-order valence-corrected chi connectivity index (χ4v) is 3.85. The van der Waals surface area contributed by atoms with Gasteiger partial charge in [0.25, 0.3) is 15.9 Å². The lowest BCUT2D eigenvalue weighted by Crippen LogP contribution is -2.32. The van der Waals surface area contributed by atoms with Crippen LogP contribution in [-0.4, -0.2) is 21.4 Å². The summed E-state index contributed by atoms with van der Waals surface area (Å²) in [5, 5.41) is 0. The number of hydrogen-bond donors (Lipinski definition) is 1. The van der Waals surface area contributed by atoms with Gasteiger partial charge >= 0.3 is 0 Å². The van der Waals surface area contributed by atoms with Crippen molar-refractivity contribution in [1.29, 1.82) is 0 Å². The lowest BCUT2D eigenvalue weighted by Gasteiger charge is -2.21. The highest BCUT2D eigenvalue weighted by Crippen LogP contribution is 2.26. The fraction of sp³-hybridized carbons (Fsp3) is 0.350. The minimum absolute atomic E-state index is 0.113. The molecule has 0 saturated heterocycles. The zero-order valence-corrected chi connectivity index (χ0v) is 16.6. The van der Waals surface area contributed by atoms with Gasteiger partial charge in [-0.1, -0.05) is 51.1 Å². The van der Waals surface area contributed by atoms with Crippen LogP contribution in [0.1, 0.15) is 47.8 Å². The Bertz CT molecular complexity index is 912. The highest BCUT2D eigenvalue weighted by molar-refractivity contribution is 7.90. The van der Waals surface area contributed by atoms with Gasteiger partial charge in [0.05, 0.1) is 11.5 Å². The molecule has 2 rings (SSSR count). The average molecular weight is 375 g/mol. The second kappa shape index (κ2) is 7.60. The van der Waals surface area contributed by atoms with E-state index in [9.17, 15) is 13.2 Å². The van der Waals surface area contributed by atoms with E-state index in [2.05, 4.69) is 4.72 Å². The van der Waals surface area contributed by atoms with Gasteiger partial charge in [-0.15, -0.1) is 0 Å². The Kier molecular flexibility index (Phi) is 5.88. The van der Waals surface area contributed by atoms with Gasteiger partial charge in [0.1, 0.15) is 0 Å². The molecule has 0 unspecified atom stereocenters. The topological polar surface area (TPSA) is 72.5 Å². The van der Waals surface area contributed by atoms with Crippen LogP contribution in [0.4, 0.5) is 0 Å². The number of hydrogen-bond acceptors (Lipinski definition) is 4. The lowest BCUT2D eigenvalue weighted by atomic mass is 9.87. The molecule has 26 heavy (non-hydrogen) atoms. The molecule has 1 N–H and O–H groups in total. The molecule has 0 aliphatic carbocycles. The van der Waals surface area contributed by atoms with Crippen LogP contribution < -0.4 is 4.72 Å². The molecule has 140 valence electrons. The molecule has 2 aromatic carbocycles. The first-order valence-electron chi connectivity index (χ1n) is 8.31. The van der Waals surface area contributed by atoms with Crippen molar-refractivity contribution in [2.75, 3.05) is 7.11 Å². The maximum Gasteiger partial charge on any atom is 0.265 e. The van der Waals surface area contributed by atoms with E-state index in [1.807, 2.05) is 26.8 Å². The summed E-state index contributed by atoms with van der Waals surface area (Å²) in [5.74, 6) is -0.668. The molecule has 2 aromatic rings. The van der Waals surface area contributed by atoms with Gasteiger partial charge in [-0.3, -0.25) is 4.79 Å². The zero-order chi connectivity index (χ0) is 19.5. The first kappa shape index (κ1) is 20.1. The van der Waals surface area contributed by atoms with E-state index in [4.69, 9.17) is 4.74 Å². The largest absolute Gasteiger partial charge is 0.380 e. The molecule has 0 aliphatic heterocycles. The van der Waals surface area contributed by atoms with E-state index in [1.54, 1.807) is 43.3 Å². The van der Waals surface area contributed by atoms with Crippen molar-refractivity contribution >= 4 is 15.9 Å². The first-order chi connectivity index (χ1) is 12.1. The summed E-state index contributed by atoms with van der Waals surface area (Å²) in [6.07, 6.45) is 0. The molecular formula is C20H25NO4S. The van der Waals surface area contributed by atoms with Gasteiger partial charge in [-0.2, -0.15) is 0 Å². The Balaban J connectivity index is 2.39. The van der Waals surface area contributed by atoms with Gasteiger partial charge in [-0.05, 0) is 41.2 Å². The second-order valence-corrected chi connectivity index (χ2v) is 8.91. The molecule has 0 aromatic heterocycles. The predicted octanol–water partition coefficient (Wildman–Crippen LogP) is 3.56. The van der Waals surface area contributed by atoms with E-state index in [1.165, 1.54) is 7.11 Å². The van der Waals surface area contributed by atoms with Gasteiger partial charge in [0.2, 0.25) is 0 Å². The van der Waals surface area contributed by atoms with E-state index in [0.29, 0.717) is 11.1 Å². The SMILES string of the molecule is COCc1ccccc1C(=O)NS(=O)(=O)c1cc(C(C)(C)C)ccc1C. The molecule has 0 fully saturated rings. The van der Waals surface area contributed by atoms with Crippen molar-refractivity contribution < 1.29 is 17.9 Å². The maximum atomic E-state index is 12.8. The van der Waals surface area contributed by atoms with Crippen LogP contribution in [0.5, 0.6) is 0 Å². The lowest BCUT2D eigenvalue weighted by molar-refractivity contribution is 0.0976. The van der Waals surface area contributed by atoms with Crippen LogP contribution in [0.25, 0.3) is 0 Å². The summed E-state index contributed by atoms with van der Waals surface area (Å²) < 4.78 is 32.9. The number of ether oxygens (including phenoxy) is 1. The van der Waals surface area contributed by atoms with E-state index in [0.717, 1.165) is 5.56 Å². The Hall–Kier alpha value is -2.18. The average Bonchev–Trinajstić information content (AvgIpc) is 2.54. The molecule has 0 aliphatic rings. The summed E-state index contributed by atoms with van der Waals surface area (Å²) in [7, 11) is -2.47. The number of carbonyl (C=O) groups excluding carboxylic acids is 1. The number of benzene rings is 2. The van der Waals surface area contributed by atoms with Crippen molar-refractivity contribution in [3.8, 4) is 0 Å². The molecule has 0 bridgehead atoms. The highest BCUT2D eigenvalue weighted by atomic mass is 32.2. The van der Waals surface area contributed by atoms with Gasteiger partial charge < -0.3 is 4.74 Å². The Labute approximate surface area is 155 Å². The summed E-state index contributed by atoms with van der Waals surface area (Å²) in [4.78, 5) is 12.7. The van der Waals surface area contributed by atoms with Gasteiger partial charge in [0, 0.05) is 12.7 Å². The third-order valence-electron chi connectivity index (χ3n) is 4.13. The van der Waals surface area contributed by atoms with Gasteiger partial charge in [-0.25, -0.2) is 13.1 Å². The third-order valence-corrected chi connectivity index (χ3v) is 5.61. The summed E-state index contributed by atoms with van der Waals surface area (Å²) in [6, 6.07) is 12.1. The van der Waals surface area contributed by atoms with Crippen molar-refractivity contribution in [3.63, 3.8) is 0 Å². The molecular weight excluding hydrogens is 350 g/mol. The van der Waals surface area contributed by atoms with Crippen LogP contribution >= 0.6 is 0 Å². The maximum absolute atomic E-state index is 12.8. The first-order valence-corrected chi connectivity index (χ1v) is 9.79. The fourth-order valence-electron chi connectivity index (χ4n) is 2.61. The van der Waals surface area contributed by atoms with Crippen LogP contribution in [-0.2, 0) is 26.8 Å². The van der Waals surface area contributed by atoms with Crippen LogP contribution in [0, 0.1) is 6.92 Å². The van der Waals surface area contributed by atoms with Crippen LogP contribution in [0.15, 0.2) is 47.4 Å². The molecule has 6 heteroatoms. The molecule has 0 atom stereocenters. The summed E-state index contributed by atoms with van der Waals surface area (Å²) >= 11 is 0.